The fourth-order valence-electron chi connectivity index (χ4n) is 1.76. The lowest BCUT2D eigenvalue weighted by Crippen LogP contribution is -2.14. The second-order valence-corrected chi connectivity index (χ2v) is 4.80. The molecule has 0 unspecified atom stereocenters. The minimum atomic E-state index is -0.558. The van der Waals surface area contributed by atoms with Gasteiger partial charge in [0.25, 0.3) is 5.91 Å². The van der Waals surface area contributed by atoms with Gasteiger partial charge in [0.2, 0.25) is 0 Å². The Morgan fingerprint density at radius 3 is 2.91 bits per heavy atom. The third kappa shape index (κ3) is 4.50. The Hall–Kier alpha value is -2.97. The van der Waals surface area contributed by atoms with Gasteiger partial charge in [-0.15, -0.1) is 0 Å². The van der Waals surface area contributed by atoms with Crippen LogP contribution >= 0.6 is 11.6 Å². The Morgan fingerprint density at radius 2 is 2.26 bits per heavy atom. The molecule has 0 bridgehead atoms. The molecule has 0 saturated carbocycles. The molecule has 0 saturated heterocycles. The molecule has 0 aliphatic heterocycles. The van der Waals surface area contributed by atoms with Crippen molar-refractivity contribution in [2.45, 2.75) is 0 Å². The molecule has 0 aliphatic rings. The van der Waals surface area contributed by atoms with E-state index in [-0.39, 0.29) is 5.57 Å². The standard InChI is InChI=1S/C17H13ClN2O3/c1-22-16-8-7-13(18)10-15(16)20-17(21)12(11-19)4-2-5-14-6-3-9-23-14/h2-10H,1H3,(H,20,21). The Labute approximate surface area is 138 Å². The first-order valence-corrected chi connectivity index (χ1v) is 6.98. The molecule has 0 radical (unpaired) electrons. The second-order valence-electron chi connectivity index (χ2n) is 4.37. The number of allylic oxidation sites excluding steroid dienone is 2. The van der Waals surface area contributed by atoms with Gasteiger partial charge in [-0.3, -0.25) is 4.79 Å². The van der Waals surface area contributed by atoms with Crippen LogP contribution in [0.5, 0.6) is 5.75 Å². The van der Waals surface area contributed by atoms with Crippen LogP contribution in [0.1, 0.15) is 5.76 Å². The van der Waals surface area contributed by atoms with Crippen molar-refractivity contribution >= 4 is 29.3 Å². The van der Waals surface area contributed by atoms with Gasteiger partial charge in [-0.1, -0.05) is 17.7 Å². The summed E-state index contributed by atoms with van der Waals surface area (Å²) in [7, 11) is 1.48. The van der Waals surface area contributed by atoms with E-state index in [0.717, 1.165) is 0 Å². The number of hydrogen-bond donors (Lipinski definition) is 1. The number of rotatable bonds is 5. The fourth-order valence-corrected chi connectivity index (χ4v) is 1.93. The van der Waals surface area contributed by atoms with Crippen LogP contribution in [0.25, 0.3) is 6.08 Å². The first kappa shape index (κ1) is 16.4. The number of halogens is 1. The average molecular weight is 329 g/mol. The molecule has 1 aromatic carbocycles. The quantitative estimate of drug-likeness (QED) is 0.510. The summed E-state index contributed by atoms with van der Waals surface area (Å²) < 4.78 is 10.3. The summed E-state index contributed by atoms with van der Waals surface area (Å²) in [4.78, 5) is 12.2. The molecule has 2 rings (SSSR count). The number of benzene rings is 1. The summed E-state index contributed by atoms with van der Waals surface area (Å²) >= 11 is 5.90. The minimum Gasteiger partial charge on any atom is -0.495 e. The monoisotopic (exact) mass is 328 g/mol. The molecule has 1 aromatic heterocycles. The summed E-state index contributed by atoms with van der Waals surface area (Å²) in [6.45, 7) is 0. The molecule has 0 aliphatic carbocycles. The Morgan fingerprint density at radius 1 is 1.43 bits per heavy atom. The highest BCUT2D eigenvalue weighted by Crippen LogP contribution is 2.27. The van der Waals surface area contributed by atoms with E-state index in [1.54, 1.807) is 42.5 Å². The smallest absolute Gasteiger partial charge is 0.266 e. The highest BCUT2D eigenvalue weighted by Gasteiger charge is 2.12. The molecule has 23 heavy (non-hydrogen) atoms. The SMILES string of the molecule is COc1ccc(Cl)cc1NC(=O)C(C#N)=CC=Cc1ccco1. The van der Waals surface area contributed by atoms with E-state index >= 15 is 0 Å². The fraction of sp³-hybridized carbons (Fsp3) is 0.0588. The number of carbonyl (C=O) groups is 1. The van der Waals surface area contributed by atoms with Crippen molar-refractivity contribution in [2.24, 2.45) is 0 Å². The number of carbonyl (C=O) groups excluding carboxylic acids is 1. The number of anilines is 1. The maximum atomic E-state index is 12.2. The molecule has 0 spiro atoms. The lowest BCUT2D eigenvalue weighted by atomic mass is 10.2. The van der Waals surface area contributed by atoms with Crippen LogP contribution in [0, 0.1) is 11.3 Å². The van der Waals surface area contributed by atoms with E-state index in [2.05, 4.69) is 5.32 Å². The number of nitriles is 1. The first-order chi connectivity index (χ1) is 11.1. The Bertz CT molecular complexity index is 787. The molecule has 5 nitrogen and oxygen atoms in total. The van der Waals surface area contributed by atoms with Crippen LogP contribution in [0.4, 0.5) is 5.69 Å². The molecule has 6 heteroatoms. The van der Waals surface area contributed by atoms with Crippen molar-refractivity contribution in [2.75, 3.05) is 12.4 Å². The van der Waals surface area contributed by atoms with E-state index in [1.165, 1.54) is 19.4 Å². The van der Waals surface area contributed by atoms with E-state index < -0.39 is 5.91 Å². The maximum absolute atomic E-state index is 12.2. The number of nitrogens with zero attached hydrogens (tertiary/aromatic N) is 1. The predicted octanol–water partition coefficient (Wildman–Crippen LogP) is 4.04. The summed E-state index contributed by atoms with van der Waals surface area (Å²) in [5.74, 6) is 0.513. The van der Waals surface area contributed by atoms with Crippen molar-refractivity contribution in [1.29, 1.82) is 5.26 Å². The molecular formula is C17H13ClN2O3. The van der Waals surface area contributed by atoms with Gasteiger partial charge in [0, 0.05) is 5.02 Å². The van der Waals surface area contributed by atoms with Crippen LogP contribution in [0.15, 0.2) is 58.7 Å². The largest absolute Gasteiger partial charge is 0.495 e. The van der Waals surface area contributed by atoms with Gasteiger partial charge >= 0.3 is 0 Å². The van der Waals surface area contributed by atoms with Crippen LogP contribution in [0.2, 0.25) is 5.02 Å². The third-order valence-corrected chi connectivity index (χ3v) is 3.08. The predicted molar refractivity (Wildman–Crippen MR) is 88.1 cm³/mol. The number of furan rings is 1. The number of hydrogen-bond acceptors (Lipinski definition) is 4. The summed E-state index contributed by atoms with van der Waals surface area (Å²) in [6.07, 6.45) is 6.14. The van der Waals surface area contributed by atoms with Crippen molar-refractivity contribution in [3.05, 3.63) is 65.1 Å². The van der Waals surface area contributed by atoms with Crippen LogP contribution in [0.3, 0.4) is 0 Å². The minimum absolute atomic E-state index is 0.0603. The molecule has 116 valence electrons. The van der Waals surface area contributed by atoms with E-state index in [4.69, 9.17) is 26.0 Å². The first-order valence-electron chi connectivity index (χ1n) is 6.61. The molecule has 0 atom stereocenters. The van der Waals surface area contributed by atoms with Gasteiger partial charge in [0.15, 0.2) is 0 Å². The molecule has 0 fully saturated rings. The van der Waals surface area contributed by atoms with E-state index in [0.29, 0.717) is 22.2 Å². The Balaban J connectivity index is 2.14. The van der Waals surface area contributed by atoms with Crippen molar-refractivity contribution in [3.8, 4) is 11.8 Å². The van der Waals surface area contributed by atoms with E-state index in [1.807, 2.05) is 6.07 Å². The van der Waals surface area contributed by atoms with Gasteiger partial charge < -0.3 is 14.5 Å². The lowest BCUT2D eigenvalue weighted by Gasteiger charge is -2.09. The number of nitrogens with one attached hydrogen (secondary N) is 1. The zero-order valence-corrected chi connectivity index (χ0v) is 13.0. The topological polar surface area (TPSA) is 75.3 Å². The van der Waals surface area contributed by atoms with Crippen LogP contribution < -0.4 is 10.1 Å². The van der Waals surface area contributed by atoms with Gasteiger partial charge in [-0.2, -0.15) is 5.26 Å². The summed E-state index contributed by atoms with van der Waals surface area (Å²) in [6, 6.07) is 10.2. The van der Waals surface area contributed by atoms with Gasteiger partial charge in [0.1, 0.15) is 23.2 Å². The van der Waals surface area contributed by atoms with Crippen molar-refractivity contribution in [3.63, 3.8) is 0 Å². The lowest BCUT2D eigenvalue weighted by molar-refractivity contribution is -0.112. The highest BCUT2D eigenvalue weighted by molar-refractivity contribution is 6.31. The summed E-state index contributed by atoms with van der Waals surface area (Å²) in [5, 5.41) is 12.2. The zero-order valence-electron chi connectivity index (χ0n) is 12.2. The molecule has 1 amide bonds. The van der Waals surface area contributed by atoms with Crippen molar-refractivity contribution < 1.29 is 13.9 Å². The molecule has 1 N–H and O–H groups in total. The third-order valence-electron chi connectivity index (χ3n) is 2.84. The van der Waals surface area contributed by atoms with Gasteiger partial charge in [-0.05, 0) is 42.5 Å². The van der Waals surface area contributed by atoms with E-state index in [9.17, 15) is 4.79 Å². The molecular weight excluding hydrogens is 316 g/mol. The van der Waals surface area contributed by atoms with Crippen LogP contribution in [-0.4, -0.2) is 13.0 Å². The van der Waals surface area contributed by atoms with Gasteiger partial charge in [-0.25, -0.2) is 0 Å². The second kappa shape index (κ2) is 7.87. The van der Waals surface area contributed by atoms with Gasteiger partial charge in [0.05, 0.1) is 19.1 Å². The highest BCUT2D eigenvalue weighted by atomic mass is 35.5. The average Bonchev–Trinajstić information content (AvgIpc) is 3.05. The number of methoxy groups -OCH3 is 1. The number of amides is 1. The number of ether oxygens (including phenoxy) is 1. The Kier molecular flexibility index (Phi) is 5.61. The summed E-state index contributed by atoms with van der Waals surface area (Å²) in [5.41, 5.74) is 0.330. The maximum Gasteiger partial charge on any atom is 0.266 e. The van der Waals surface area contributed by atoms with Crippen LogP contribution in [-0.2, 0) is 4.79 Å². The molecule has 2 aromatic rings. The zero-order chi connectivity index (χ0) is 16.7. The van der Waals surface area contributed by atoms with Crippen molar-refractivity contribution in [1.82, 2.24) is 0 Å². The molecule has 1 heterocycles. The normalized spacial score (nSPS) is 11.3.